The molecular formula is C21H28F3N9O2. The van der Waals surface area contributed by atoms with Crippen LogP contribution in [0.5, 0.6) is 0 Å². The van der Waals surface area contributed by atoms with E-state index in [2.05, 4.69) is 36.2 Å². The number of hydrogen-bond acceptors (Lipinski definition) is 8. The lowest BCUT2D eigenvalue weighted by Gasteiger charge is -2.20. The Morgan fingerprint density at radius 1 is 1.23 bits per heavy atom. The molecule has 1 unspecified atom stereocenters. The summed E-state index contributed by atoms with van der Waals surface area (Å²) in [5.41, 5.74) is -0.146. The number of aryl methyl sites for hydroxylation is 2. The summed E-state index contributed by atoms with van der Waals surface area (Å²) in [6.45, 7) is 6.09. The van der Waals surface area contributed by atoms with E-state index in [0.29, 0.717) is 36.7 Å². The van der Waals surface area contributed by atoms with Crippen LogP contribution in [0.1, 0.15) is 62.6 Å². The summed E-state index contributed by atoms with van der Waals surface area (Å²) in [5, 5.41) is 21.4. The van der Waals surface area contributed by atoms with Crippen molar-refractivity contribution in [3.63, 3.8) is 0 Å². The molecule has 0 saturated carbocycles. The molecule has 0 aliphatic rings. The molecule has 0 aliphatic heterocycles. The molecule has 2 N–H and O–H groups in total. The van der Waals surface area contributed by atoms with Gasteiger partial charge in [0.1, 0.15) is 17.3 Å². The van der Waals surface area contributed by atoms with E-state index in [9.17, 15) is 18.0 Å². The van der Waals surface area contributed by atoms with Crippen molar-refractivity contribution in [3.8, 4) is 0 Å². The van der Waals surface area contributed by atoms with Gasteiger partial charge in [-0.1, -0.05) is 6.07 Å². The number of amides is 1. The van der Waals surface area contributed by atoms with Gasteiger partial charge in [-0.15, -0.1) is 5.10 Å². The summed E-state index contributed by atoms with van der Waals surface area (Å²) in [6, 6.07) is 4.87. The standard InChI is InChI=1S/C21H28F3N9O2/c1-21(2,3)35-20(34)25-9-6-10-33-19(28-30-31-33)17(14-7-5-8-16(22)27-14)26-12-13-11-15(18(23)24)29-32(13)4/h5,7-8,11,17-18,26H,6,9-10,12H2,1-4H3,(H,25,34). The number of nitrogens with one attached hydrogen (secondary N) is 2. The summed E-state index contributed by atoms with van der Waals surface area (Å²) in [6.07, 6.45) is -2.74. The number of pyridine rings is 1. The SMILES string of the molecule is Cn1nc(C(F)F)cc1CNC(c1cccc(F)n1)c1nnnn1CCCNC(=O)OC(C)(C)C. The monoisotopic (exact) mass is 495 g/mol. The third kappa shape index (κ3) is 7.47. The smallest absolute Gasteiger partial charge is 0.407 e. The number of carbonyl (C=O) groups excluding carboxylic acids is 1. The van der Waals surface area contributed by atoms with Gasteiger partial charge in [-0.2, -0.15) is 9.49 Å². The molecule has 0 fully saturated rings. The molecule has 11 nitrogen and oxygen atoms in total. The minimum atomic E-state index is -2.70. The van der Waals surface area contributed by atoms with Gasteiger partial charge in [0, 0.05) is 26.7 Å². The van der Waals surface area contributed by atoms with Gasteiger partial charge in [0.2, 0.25) is 5.95 Å². The van der Waals surface area contributed by atoms with Gasteiger partial charge in [0.05, 0.1) is 11.4 Å². The quantitative estimate of drug-likeness (QED) is 0.325. The van der Waals surface area contributed by atoms with Gasteiger partial charge < -0.3 is 10.1 Å². The minimum Gasteiger partial charge on any atom is -0.444 e. The second kappa shape index (κ2) is 11.3. The van der Waals surface area contributed by atoms with Gasteiger partial charge >= 0.3 is 6.09 Å². The van der Waals surface area contributed by atoms with Crippen molar-refractivity contribution >= 4 is 6.09 Å². The van der Waals surface area contributed by atoms with Crippen LogP contribution < -0.4 is 10.6 Å². The summed E-state index contributed by atoms with van der Waals surface area (Å²) < 4.78 is 48.0. The number of halogens is 3. The fourth-order valence-corrected chi connectivity index (χ4v) is 3.23. The number of nitrogens with zero attached hydrogens (tertiary/aromatic N) is 7. The largest absolute Gasteiger partial charge is 0.444 e. The number of tetrazole rings is 1. The lowest BCUT2D eigenvalue weighted by molar-refractivity contribution is 0.0526. The van der Waals surface area contributed by atoms with E-state index in [1.54, 1.807) is 33.9 Å². The van der Waals surface area contributed by atoms with Crippen LogP contribution in [0, 0.1) is 5.95 Å². The molecule has 1 atom stereocenters. The van der Waals surface area contributed by atoms with Crippen LogP contribution in [0.25, 0.3) is 0 Å². The molecule has 190 valence electrons. The zero-order valence-corrected chi connectivity index (χ0v) is 19.9. The molecular weight excluding hydrogens is 467 g/mol. The van der Waals surface area contributed by atoms with Crippen molar-refractivity contribution in [2.75, 3.05) is 6.54 Å². The van der Waals surface area contributed by atoms with Crippen molar-refractivity contribution in [2.45, 2.75) is 58.3 Å². The number of alkyl carbamates (subject to hydrolysis) is 1. The van der Waals surface area contributed by atoms with E-state index in [1.807, 2.05) is 0 Å². The second-order valence-corrected chi connectivity index (χ2v) is 8.73. The highest BCUT2D eigenvalue weighted by atomic mass is 19.3. The van der Waals surface area contributed by atoms with Crippen LogP contribution in [0.15, 0.2) is 24.3 Å². The highest BCUT2D eigenvalue weighted by molar-refractivity contribution is 5.67. The van der Waals surface area contributed by atoms with Crippen LogP contribution in [-0.4, -0.2) is 53.2 Å². The van der Waals surface area contributed by atoms with Gasteiger partial charge in [0.25, 0.3) is 6.43 Å². The Balaban J connectivity index is 1.72. The summed E-state index contributed by atoms with van der Waals surface area (Å²) in [7, 11) is 1.56. The molecule has 3 aromatic heterocycles. The summed E-state index contributed by atoms with van der Waals surface area (Å²) >= 11 is 0. The Morgan fingerprint density at radius 3 is 2.66 bits per heavy atom. The molecule has 0 radical (unpaired) electrons. The number of aromatic nitrogens is 7. The first-order valence-electron chi connectivity index (χ1n) is 10.9. The first kappa shape index (κ1) is 26.1. The number of carbonyl (C=O) groups is 1. The highest BCUT2D eigenvalue weighted by Crippen LogP contribution is 2.21. The Labute approximate surface area is 200 Å². The molecule has 0 aliphatic carbocycles. The Kier molecular flexibility index (Phi) is 8.38. The van der Waals surface area contributed by atoms with Crippen molar-refractivity contribution < 1.29 is 22.7 Å². The predicted octanol–water partition coefficient (Wildman–Crippen LogP) is 2.67. The molecule has 3 heterocycles. The Hall–Kier alpha value is -3.55. The maximum atomic E-state index is 13.9. The van der Waals surface area contributed by atoms with E-state index in [0.717, 1.165) is 0 Å². The van der Waals surface area contributed by atoms with E-state index in [-0.39, 0.29) is 12.2 Å². The number of alkyl halides is 2. The lowest BCUT2D eigenvalue weighted by Crippen LogP contribution is -2.33. The van der Waals surface area contributed by atoms with Crippen LogP contribution >= 0.6 is 0 Å². The molecule has 1 amide bonds. The maximum Gasteiger partial charge on any atom is 0.407 e. The third-order valence-electron chi connectivity index (χ3n) is 4.77. The molecule has 0 bridgehead atoms. The van der Waals surface area contributed by atoms with Crippen molar-refractivity contribution in [2.24, 2.45) is 7.05 Å². The van der Waals surface area contributed by atoms with Crippen LogP contribution in [0.2, 0.25) is 0 Å². The van der Waals surface area contributed by atoms with Crippen molar-refractivity contribution in [1.82, 2.24) is 45.6 Å². The summed E-state index contributed by atoms with van der Waals surface area (Å²) in [4.78, 5) is 15.8. The van der Waals surface area contributed by atoms with Gasteiger partial charge in [-0.05, 0) is 55.8 Å². The van der Waals surface area contributed by atoms with E-state index >= 15 is 0 Å². The average Bonchev–Trinajstić information content (AvgIpc) is 3.37. The van der Waals surface area contributed by atoms with Gasteiger partial charge in [0.15, 0.2) is 5.82 Å². The van der Waals surface area contributed by atoms with Crippen molar-refractivity contribution in [3.05, 3.63) is 53.1 Å². The molecule has 0 spiro atoms. The fraction of sp³-hybridized carbons (Fsp3) is 0.524. The van der Waals surface area contributed by atoms with E-state index < -0.39 is 30.1 Å². The number of hydrogen-bond donors (Lipinski definition) is 2. The summed E-state index contributed by atoms with van der Waals surface area (Å²) in [5.74, 6) is -0.341. The van der Waals surface area contributed by atoms with Gasteiger partial charge in [-0.25, -0.2) is 23.2 Å². The molecule has 0 saturated heterocycles. The Bertz CT molecular complexity index is 1130. The highest BCUT2D eigenvalue weighted by Gasteiger charge is 2.24. The Morgan fingerprint density at radius 2 is 2.00 bits per heavy atom. The average molecular weight is 496 g/mol. The van der Waals surface area contributed by atoms with Crippen molar-refractivity contribution in [1.29, 1.82) is 0 Å². The second-order valence-electron chi connectivity index (χ2n) is 8.73. The molecule has 14 heteroatoms. The van der Waals surface area contributed by atoms with E-state index in [4.69, 9.17) is 4.74 Å². The van der Waals surface area contributed by atoms with Crippen LogP contribution in [-0.2, 0) is 24.9 Å². The lowest BCUT2D eigenvalue weighted by atomic mass is 10.1. The zero-order valence-electron chi connectivity index (χ0n) is 19.9. The maximum absolute atomic E-state index is 13.9. The van der Waals surface area contributed by atoms with Crippen LogP contribution in [0.3, 0.4) is 0 Å². The molecule has 3 rings (SSSR count). The first-order valence-corrected chi connectivity index (χ1v) is 10.9. The predicted molar refractivity (Wildman–Crippen MR) is 118 cm³/mol. The molecule has 3 aromatic rings. The fourth-order valence-electron chi connectivity index (χ4n) is 3.23. The van der Waals surface area contributed by atoms with Gasteiger partial charge in [-0.3, -0.25) is 10.00 Å². The molecule has 0 aromatic carbocycles. The van der Waals surface area contributed by atoms with Crippen LogP contribution in [0.4, 0.5) is 18.0 Å². The topological polar surface area (TPSA) is 125 Å². The molecule has 35 heavy (non-hydrogen) atoms. The number of rotatable bonds is 10. The zero-order chi connectivity index (χ0) is 25.6. The third-order valence-corrected chi connectivity index (χ3v) is 4.77. The van der Waals surface area contributed by atoms with E-state index in [1.165, 1.54) is 27.6 Å². The number of ether oxygens (including phenoxy) is 1. The normalized spacial score (nSPS) is 12.7. The first-order chi connectivity index (χ1) is 16.5. The minimum absolute atomic E-state index is 0.117.